The fourth-order valence-corrected chi connectivity index (χ4v) is 3.80. The van der Waals surface area contributed by atoms with Crippen molar-refractivity contribution in [2.24, 2.45) is 5.73 Å². The second kappa shape index (κ2) is 8.88. The van der Waals surface area contributed by atoms with Crippen LogP contribution in [-0.4, -0.2) is 23.3 Å². The molecule has 2 aromatic carbocycles. The van der Waals surface area contributed by atoms with Gasteiger partial charge in [0.1, 0.15) is 0 Å². The van der Waals surface area contributed by atoms with Crippen molar-refractivity contribution in [3.63, 3.8) is 0 Å². The number of nitrogens with two attached hydrogens (primary N) is 1. The molecule has 6 heteroatoms. The summed E-state index contributed by atoms with van der Waals surface area (Å²) in [7, 11) is 0. The Bertz CT molecular complexity index is 1030. The highest BCUT2D eigenvalue weighted by molar-refractivity contribution is 6.04. The third-order valence-corrected chi connectivity index (χ3v) is 5.48. The summed E-state index contributed by atoms with van der Waals surface area (Å²) >= 11 is 0. The van der Waals surface area contributed by atoms with Gasteiger partial charge in [-0.1, -0.05) is 36.4 Å². The van der Waals surface area contributed by atoms with E-state index in [9.17, 15) is 9.59 Å². The van der Waals surface area contributed by atoms with Crippen LogP contribution >= 0.6 is 0 Å². The molecule has 0 spiro atoms. The molecule has 152 valence electrons. The van der Waals surface area contributed by atoms with Crippen LogP contribution in [0.15, 0.2) is 73.1 Å². The molecule has 0 fully saturated rings. The van der Waals surface area contributed by atoms with Gasteiger partial charge in [0.25, 0.3) is 5.91 Å². The second-order valence-corrected chi connectivity index (χ2v) is 7.45. The first-order valence-electron chi connectivity index (χ1n) is 10.0. The average molecular weight is 400 g/mol. The predicted molar refractivity (Wildman–Crippen MR) is 116 cm³/mol. The van der Waals surface area contributed by atoms with E-state index in [4.69, 9.17) is 5.73 Å². The van der Waals surface area contributed by atoms with E-state index in [-0.39, 0.29) is 23.8 Å². The minimum atomic E-state index is -0.345. The molecule has 2 unspecified atom stereocenters. The standard InChI is InChI=1S/C24H24N4O2/c25-22(15-27-24(30)21-10-9-16-3-1-2-4-20(16)21)17-5-7-18(8-6-17)23(29)28-19-11-13-26-14-12-19/h1-8,11-14,21-22H,9-10,15,25H2,(H,27,30)(H,26,28,29). The number of pyridine rings is 1. The Morgan fingerprint density at radius 3 is 2.53 bits per heavy atom. The smallest absolute Gasteiger partial charge is 0.255 e. The van der Waals surface area contributed by atoms with E-state index < -0.39 is 0 Å². The van der Waals surface area contributed by atoms with E-state index in [2.05, 4.69) is 21.7 Å². The topological polar surface area (TPSA) is 97.1 Å². The van der Waals surface area contributed by atoms with Gasteiger partial charge in [-0.25, -0.2) is 0 Å². The Labute approximate surface area is 175 Å². The van der Waals surface area contributed by atoms with Gasteiger partial charge >= 0.3 is 0 Å². The van der Waals surface area contributed by atoms with Crippen LogP contribution in [0.25, 0.3) is 0 Å². The second-order valence-electron chi connectivity index (χ2n) is 7.45. The molecule has 1 aliphatic rings. The lowest BCUT2D eigenvalue weighted by Crippen LogP contribution is -2.34. The first-order chi connectivity index (χ1) is 14.6. The van der Waals surface area contributed by atoms with Gasteiger partial charge in [-0.05, 0) is 53.8 Å². The van der Waals surface area contributed by atoms with Crippen LogP contribution < -0.4 is 16.4 Å². The fraction of sp³-hybridized carbons (Fsp3) is 0.208. The largest absolute Gasteiger partial charge is 0.354 e. The monoisotopic (exact) mass is 400 g/mol. The number of aromatic nitrogens is 1. The van der Waals surface area contributed by atoms with Crippen molar-refractivity contribution in [2.45, 2.75) is 24.8 Å². The maximum atomic E-state index is 12.6. The maximum absolute atomic E-state index is 12.6. The van der Waals surface area contributed by atoms with Gasteiger partial charge in [0.15, 0.2) is 0 Å². The molecule has 4 rings (SSSR count). The number of amides is 2. The number of aryl methyl sites for hydroxylation is 1. The third kappa shape index (κ3) is 4.39. The summed E-state index contributed by atoms with van der Waals surface area (Å²) < 4.78 is 0. The van der Waals surface area contributed by atoms with Crippen LogP contribution in [0, 0.1) is 0 Å². The molecule has 2 atom stereocenters. The Morgan fingerprint density at radius 2 is 1.77 bits per heavy atom. The van der Waals surface area contributed by atoms with Crippen molar-refractivity contribution in [3.05, 3.63) is 95.3 Å². The molecule has 0 saturated carbocycles. The molecule has 30 heavy (non-hydrogen) atoms. The van der Waals surface area contributed by atoms with Gasteiger partial charge in [-0.15, -0.1) is 0 Å². The molecular formula is C24H24N4O2. The predicted octanol–water partition coefficient (Wildman–Crippen LogP) is 3.18. The number of hydrogen-bond donors (Lipinski definition) is 3. The molecule has 1 heterocycles. The zero-order chi connectivity index (χ0) is 20.9. The number of rotatable bonds is 6. The van der Waals surface area contributed by atoms with Crippen LogP contribution in [-0.2, 0) is 11.2 Å². The fourth-order valence-electron chi connectivity index (χ4n) is 3.80. The SMILES string of the molecule is NC(CNC(=O)C1CCc2ccccc21)c1ccc(C(=O)Nc2ccncc2)cc1. The lowest BCUT2D eigenvalue weighted by molar-refractivity contribution is -0.122. The van der Waals surface area contributed by atoms with Gasteiger partial charge in [0.05, 0.1) is 5.92 Å². The Kier molecular flexibility index (Phi) is 5.86. The summed E-state index contributed by atoms with van der Waals surface area (Å²) in [6, 6.07) is 18.3. The third-order valence-electron chi connectivity index (χ3n) is 5.48. The summed E-state index contributed by atoms with van der Waals surface area (Å²) in [5.41, 5.74) is 10.7. The van der Waals surface area contributed by atoms with Crippen molar-refractivity contribution in [2.75, 3.05) is 11.9 Å². The molecule has 1 aromatic heterocycles. The van der Waals surface area contributed by atoms with Crippen LogP contribution in [0.1, 0.15) is 45.4 Å². The van der Waals surface area contributed by atoms with E-state index in [1.165, 1.54) is 5.56 Å². The molecule has 0 saturated heterocycles. The maximum Gasteiger partial charge on any atom is 0.255 e. The number of benzene rings is 2. The number of hydrogen-bond acceptors (Lipinski definition) is 4. The first kappa shape index (κ1) is 19.8. The number of nitrogens with one attached hydrogen (secondary N) is 2. The van der Waals surface area contributed by atoms with Crippen LogP contribution in [0.2, 0.25) is 0 Å². The highest BCUT2D eigenvalue weighted by atomic mass is 16.2. The summed E-state index contributed by atoms with van der Waals surface area (Å²) in [4.78, 5) is 28.9. The van der Waals surface area contributed by atoms with E-state index in [1.807, 2.05) is 30.3 Å². The summed E-state index contributed by atoms with van der Waals surface area (Å²) in [5.74, 6) is -0.286. The van der Waals surface area contributed by atoms with E-state index in [1.54, 1.807) is 36.7 Å². The summed E-state index contributed by atoms with van der Waals surface area (Å²) in [6.07, 6.45) is 5.01. The number of nitrogens with zero attached hydrogens (tertiary/aromatic N) is 1. The highest BCUT2D eigenvalue weighted by Crippen LogP contribution is 2.32. The lowest BCUT2D eigenvalue weighted by Gasteiger charge is -2.17. The van der Waals surface area contributed by atoms with Crippen molar-refractivity contribution in [1.29, 1.82) is 0 Å². The molecule has 4 N–H and O–H groups in total. The van der Waals surface area contributed by atoms with Crippen LogP contribution in [0.5, 0.6) is 0 Å². The number of carbonyl (C=O) groups is 2. The average Bonchev–Trinajstić information content (AvgIpc) is 3.22. The first-order valence-corrected chi connectivity index (χ1v) is 10.0. The Morgan fingerprint density at radius 1 is 1.03 bits per heavy atom. The Balaban J connectivity index is 1.32. The van der Waals surface area contributed by atoms with Crippen molar-refractivity contribution in [3.8, 4) is 0 Å². The summed E-state index contributed by atoms with van der Waals surface area (Å²) in [5, 5.41) is 5.80. The quantitative estimate of drug-likeness (QED) is 0.592. The normalized spacial score (nSPS) is 15.8. The van der Waals surface area contributed by atoms with Crippen molar-refractivity contribution in [1.82, 2.24) is 10.3 Å². The van der Waals surface area contributed by atoms with E-state index in [0.717, 1.165) is 24.0 Å². The molecular weight excluding hydrogens is 376 g/mol. The van der Waals surface area contributed by atoms with Crippen molar-refractivity contribution >= 4 is 17.5 Å². The van der Waals surface area contributed by atoms with Gasteiger partial charge < -0.3 is 16.4 Å². The van der Waals surface area contributed by atoms with E-state index in [0.29, 0.717) is 17.8 Å². The zero-order valence-electron chi connectivity index (χ0n) is 16.5. The molecule has 3 aromatic rings. The Hall–Kier alpha value is -3.51. The van der Waals surface area contributed by atoms with Gasteiger partial charge in [0, 0.05) is 36.2 Å². The number of anilines is 1. The molecule has 0 radical (unpaired) electrons. The molecule has 1 aliphatic carbocycles. The molecule has 6 nitrogen and oxygen atoms in total. The number of carbonyl (C=O) groups excluding carboxylic acids is 2. The van der Waals surface area contributed by atoms with Crippen LogP contribution in [0.3, 0.4) is 0 Å². The zero-order valence-corrected chi connectivity index (χ0v) is 16.5. The van der Waals surface area contributed by atoms with Crippen LogP contribution in [0.4, 0.5) is 5.69 Å². The van der Waals surface area contributed by atoms with Crippen molar-refractivity contribution < 1.29 is 9.59 Å². The molecule has 2 amide bonds. The summed E-state index contributed by atoms with van der Waals surface area (Å²) in [6.45, 7) is 0.347. The van der Waals surface area contributed by atoms with Gasteiger partial charge in [-0.3, -0.25) is 14.6 Å². The van der Waals surface area contributed by atoms with Gasteiger partial charge in [-0.2, -0.15) is 0 Å². The molecule has 0 aliphatic heterocycles. The van der Waals surface area contributed by atoms with Gasteiger partial charge in [0.2, 0.25) is 5.91 Å². The highest BCUT2D eigenvalue weighted by Gasteiger charge is 2.28. The lowest BCUT2D eigenvalue weighted by atomic mass is 10.00. The van der Waals surface area contributed by atoms with E-state index >= 15 is 0 Å². The molecule has 0 bridgehead atoms. The number of fused-ring (bicyclic) bond motifs is 1. The minimum Gasteiger partial charge on any atom is -0.354 e. The minimum absolute atomic E-state index is 0.0174.